The zero-order chi connectivity index (χ0) is 24.8. The molecule has 0 amide bonds. The molecular formula is C25H29N6O3S+. The predicted molar refractivity (Wildman–Crippen MR) is 137 cm³/mol. The highest BCUT2D eigenvalue weighted by Crippen LogP contribution is 2.30. The van der Waals surface area contributed by atoms with Crippen LogP contribution in [0.15, 0.2) is 59.9 Å². The summed E-state index contributed by atoms with van der Waals surface area (Å²) in [5.74, 6) is 2.04. The number of rotatable bonds is 8. The summed E-state index contributed by atoms with van der Waals surface area (Å²) in [5, 5.41) is 12.4. The molecule has 4 rings (SSSR count). The number of aromatic nitrogens is 4. The summed E-state index contributed by atoms with van der Waals surface area (Å²) >= 11 is 5.16. The minimum absolute atomic E-state index is 0.134. The summed E-state index contributed by atoms with van der Waals surface area (Å²) in [6.45, 7) is 5.31. The van der Waals surface area contributed by atoms with E-state index >= 15 is 0 Å². The van der Waals surface area contributed by atoms with Crippen molar-refractivity contribution in [3.63, 3.8) is 0 Å². The Morgan fingerprint density at radius 2 is 1.83 bits per heavy atom. The summed E-state index contributed by atoms with van der Waals surface area (Å²) in [4.78, 5) is 5.95. The Hall–Kier alpha value is -3.63. The number of unbranched alkanes of at least 4 members (excludes halogenated alkanes) is 1. The Morgan fingerprint density at radius 3 is 2.51 bits per heavy atom. The predicted octanol–water partition coefficient (Wildman–Crippen LogP) is 4.32. The second kappa shape index (κ2) is 10.7. The lowest BCUT2D eigenvalue weighted by Gasteiger charge is -2.27. The summed E-state index contributed by atoms with van der Waals surface area (Å²) < 4.78 is 17.9. The second-order valence-corrected chi connectivity index (χ2v) is 8.90. The normalized spacial score (nSPS) is 16.7. The average Bonchev–Trinajstić information content (AvgIpc) is 3.42. The van der Waals surface area contributed by atoms with E-state index in [1.165, 1.54) is 4.80 Å². The van der Waals surface area contributed by atoms with Crippen LogP contribution in [-0.2, 0) is 11.8 Å². The average molecular weight is 494 g/mol. The Morgan fingerprint density at radius 1 is 1.09 bits per heavy atom. The largest absolute Gasteiger partial charge is 0.457 e. The molecule has 0 saturated carbocycles. The standard InChI is InChI=1S/C25H29N6O3S/c1-18-16-20(23-27-29-30(3)28-23)17-19(2)22(18)34-24-26-12-14-31(24,4)13-8-9-15-32-25(35)33-21-10-6-5-7-11-21/h5-7,10-12,14,16-17H,8-9,13,15H2,1-4H3/q+1. The van der Waals surface area contributed by atoms with E-state index in [2.05, 4.69) is 27.5 Å². The third-order valence-corrected chi connectivity index (χ3v) is 5.82. The minimum Gasteiger partial charge on any atom is -0.457 e. The summed E-state index contributed by atoms with van der Waals surface area (Å²) in [5.41, 5.74) is 2.86. The molecule has 0 radical (unpaired) electrons. The number of aliphatic imine (C=N–C) groups is 1. The molecular weight excluding hydrogens is 464 g/mol. The van der Waals surface area contributed by atoms with Gasteiger partial charge in [0.15, 0.2) is 0 Å². The molecule has 0 saturated heterocycles. The van der Waals surface area contributed by atoms with E-state index in [9.17, 15) is 0 Å². The number of benzene rings is 2. The first-order chi connectivity index (χ1) is 16.8. The van der Waals surface area contributed by atoms with Crippen molar-refractivity contribution in [2.24, 2.45) is 12.0 Å². The van der Waals surface area contributed by atoms with Gasteiger partial charge in [0.05, 0.1) is 33.4 Å². The number of tetrazole rings is 1. The molecule has 3 aromatic rings. The fourth-order valence-corrected chi connectivity index (χ4v) is 3.96. The topological polar surface area (TPSA) is 83.7 Å². The van der Waals surface area contributed by atoms with Crippen molar-refractivity contribution in [1.82, 2.24) is 20.2 Å². The first-order valence-corrected chi connectivity index (χ1v) is 11.8. The van der Waals surface area contributed by atoms with Crippen LogP contribution in [0.25, 0.3) is 11.4 Å². The van der Waals surface area contributed by atoms with Gasteiger partial charge in [-0.3, -0.25) is 0 Å². The Balaban J connectivity index is 1.30. The maximum absolute atomic E-state index is 6.34. The number of quaternary nitrogens is 1. The van der Waals surface area contributed by atoms with Crippen molar-refractivity contribution < 1.29 is 18.7 Å². The zero-order valence-electron chi connectivity index (χ0n) is 20.3. The third-order valence-electron chi connectivity index (χ3n) is 5.62. The summed E-state index contributed by atoms with van der Waals surface area (Å²) in [7, 11) is 3.82. The van der Waals surface area contributed by atoms with Gasteiger partial charge in [0.1, 0.15) is 17.7 Å². The summed E-state index contributed by atoms with van der Waals surface area (Å²) in [6.07, 6.45) is 5.54. The molecule has 1 atom stereocenters. The SMILES string of the molecule is Cc1cc(-c2nnn(C)n2)cc(C)c1OC1=NC=C[N+]1(C)CCCCOC(=S)Oc1ccccc1. The Bertz CT molecular complexity index is 1230. The summed E-state index contributed by atoms with van der Waals surface area (Å²) in [6, 6.07) is 14.0. The van der Waals surface area contributed by atoms with Crippen molar-refractivity contribution in [3.05, 3.63) is 66.0 Å². The van der Waals surface area contributed by atoms with Gasteiger partial charge in [-0.05, 0) is 60.9 Å². The molecule has 0 N–H and O–H groups in total. The fraction of sp³-hybridized carbons (Fsp3) is 0.320. The van der Waals surface area contributed by atoms with Gasteiger partial charge in [0.25, 0.3) is 0 Å². The van der Waals surface area contributed by atoms with Crippen LogP contribution in [0.1, 0.15) is 24.0 Å². The molecule has 182 valence electrons. The van der Waals surface area contributed by atoms with Crippen LogP contribution in [-0.4, -0.2) is 56.1 Å². The molecule has 1 aliphatic heterocycles. The molecule has 2 heterocycles. The van der Waals surface area contributed by atoms with Gasteiger partial charge in [0.2, 0.25) is 5.82 Å². The fourth-order valence-electron chi connectivity index (χ4n) is 3.78. The molecule has 0 fully saturated rings. The van der Waals surface area contributed by atoms with Gasteiger partial charge >= 0.3 is 11.3 Å². The Kier molecular flexibility index (Phi) is 7.52. The van der Waals surface area contributed by atoms with Crippen molar-refractivity contribution in [1.29, 1.82) is 0 Å². The van der Waals surface area contributed by atoms with Crippen molar-refractivity contribution >= 4 is 23.5 Å². The van der Waals surface area contributed by atoms with Gasteiger partial charge in [-0.2, -0.15) is 9.79 Å². The highest BCUT2D eigenvalue weighted by Gasteiger charge is 2.33. The lowest BCUT2D eigenvalue weighted by Crippen LogP contribution is -2.46. The molecule has 10 heteroatoms. The maximum atomic E-state index is 6.34. The van der Waals surface area contributed by atoms with E-state index in [0.29, 0.717) is 28.7 Å². The monoisotopic (exact) mass is 493 g/mol. The van der Waals surface area contributed by atoms with Crippen LogP contribution in [0.2, 0.25) is 0 Å². The maximum Gasteiger partial charge on any atom is 0.409 e. The van der Waals surface area contributed by atoms with Gasteiger partial charge in [-0.15, -0.1) is 10.2 Å². The van der Waals surface area contributed by atoms with Crippen LogP contribution in [0.3, 0.4) is 0 Å². The first-order valence-electron chi connectivity index (χ1n) is 11.4. The zero-order valence-corrected chi connectivity index (χ0v) is 21.2. The van der Waals surface area contributed by atoms with Crippen molar-refractivity contribution in [2.75, 3.05) is 20.2 Å². The van der Waals surface area contributed by atoms with E-state index in [1.807, 2.05) is 62.5 Å². The van der Waals surface area contributed by atoms with Crippen LogP contribution < -0.4 is 9.47 Å². The molecule has 1 aromatic heterocycles. The number of hydrogen-bond acceptors (Lipinski definition) is 8. The quantitative estimate of drug-likeness (QED) is 0.262. The molecule has 0 spiro atoms. The van der Waals surface area contributed by atoms with Gasteiger partial charge in [0, 0.05) is 24.2 Å². The van der Waals surface area contributed by atoms with E-state index in [1.54, 1.807) is 13.2 Å². The van der Waals surface area contributed by atoms with Gasteiger partial charge in [-0.1, -0.05) is 18.2 Å². The molecule has 0 bridgehead atoms. The highest BCUT2D eigenvalue weighted by atomic mass is 32.1. The molecule has 9 nitrogen and oxygen atoms in total. The second-order valence-electron chi connectivity index (χ2n) is 8.57. The lowest BCUT2D eigenvalue weighted by molar-refractivity contribution is -0.772. The smallest absolute Gasteiger partial charge is 0.409 e. The number of aryl methyl sites for hydroxylation is 3. The van der Waals surface area contributed by atoms with Crippen LogP contribution in [0, 0.1) is 13.8 Å². The highest BCUT2D eigenvalue weighted by molar-refractivity contribution is 7.79. The third kappa shape index (κ3) is 6.09. The van der Waals surface area contributed by atoms with Crippen molar-refractivity contribution in [2.45, 2.75) is 26.7 Å². The number of hydrogen-bond donors (Lipinski definition) is 0. The van der Waals surface area contributed by atoms with Crippen LogP contribution in [0.4, 0.5) is 0 Å². The number of amidine groups is 1. The van der Waals surface area contributed by atoms with E-state index in [-0.39, 0.29) is 5.24 Å². The number of ether oxygens (including phenoxy) is 3. The number of nitrogens with zero attached hydrogens (tertiary/aromatic N) is 6. The van der Waals surface area contributed by atoms with E-state index < -0.39 is 0 Å². The minimum atomic E-state index is 0.134. The van der Waals surface area contributed by atoms with Gasteiger partial charge < -0.3 is 14.2 Å². The van der Waals surface area contributed by atoms with E-state index in [0.717, 1.165) is 41.8 Å². The van der Waals surface area contributed by atoms with Gasteiger partial charge in [-0.25, -0.2) is 4.48 Å². The molecule has 0 aliphatic carbocycles. The first kappa shape index (κ1) is 24.5. The number of para-hydroxylation sites is 1. The molecule has 1 aliphatic rings. The Labute approximate surface area is 210 Å². The van der Waals surface area contributed by atoms with Crippen LogP contribution in [0.5, 0.6) is 11.5 Å². The molecule has 35 heavy (non-hydrogen) atoms. The van der Waals surface area contributed by atoms with Crippen molar-refractivity contribution in [3.8, 4) is 22.9 Å². The molecule has 1 unspecified atom stereocenters. The lowest BCUT2D eigenvalue weighted by atomic mass is 10.1. The number of thiocarbonyl (C=S) groups is 1. The van der Waals surface area contributed by atoms with Crippen LogP contribution >= 0.6 is 12.2 Å². The van der Waals surface area contributed by atoms with E-state index in [4.69, 9.17) is 26.4 Å². The molecule has 2 aromatic carbocycles.